The van der Waals surface area contributed by atoms with Crippen LogP contribution in [-0.2, 0) is 17.6 Å². The summed E-state index contributed by atoms with van der Waals surface area (Å²) in [5.74, 6) is 0.444. The van der Waals surface area contributed by atoms with Crippen molar-refractivity contribution in [1.29, 1.82) is 0 Å². The molecule has 1 unspecified atom stereocenters. The van der Waals surface area contributed by atoms with E-state index >= 15 is 0 Å². The van der Waals surface area contributed by atoms with Gasteiger partial charge in [-0.15, -0.1) is 0 Å². The monoisotopic (exact) mass is 275 g/mol. The molecule has 4 nitrogen and oxygen atoms in total. The summed E-state index contributed by atoms with van der Waals surface area (Å²) < 4.78 is 5.85. The number of ether oxygens (including phenoxy) is 1. The van der Waals surface area contributed by atoms with Gasteiger partial charge in [0.15, 0.2) is 0 Å². The van der Waals surface area contributed by atoms with Crippen LogP contribution in [0.15, 0.2) is 12.1 Å². The summed E-state index contributed by atoms with van der Waals surface area (Å²) in [6.45, 7) is 1.71. The number of benzene rings is 1. The molecule has 1 aromatic rings. The third-order valence-corrected chi connectivity index (χ3v) is 4.43. The summed E-state index contributed by atoms with van der Waals surface area (Å²) in [5.41, 5.74) is 3.90. The van der Waals surface area contributed by atoms with E-state index in [0.29, 0.717) is 6.61 Å². The first-order chi connectivity index (χ1) is 9.65. The van der Waals surface area contributed by atoms with Crippen molar-refractivity contribution in [1.82, 2.24) is 0 Å². The molecule has 20 heavy (non-hydrogen) atoms. The Morgan fingerprint density at radius 2 is 2.30 bits per heavy atom. The van der Waals surface area contributed by atoms with E-state index in [1.165, 1.54) is 16.8 Å². The highest BCUT2D eigenvalue weighted by atomic mass is 16.5. The number of fused-ring (bicyclic) bond motifs is 3. The van der Waals surface area contributed by atoms with Gasteiger partial charge in [0.2, 0.25) is 0 Å². The molecule has 1 atom stereocenters. The Labute approximate surface area is 119 Å². The lowest BCUT2D eigenvalue weighted by Crippen LogP contribution is -2.25. The van der Waals surface area contributed by atoms with Gasteiger partial charge < -0.3 is 14.7 Å². The number of hydrogen-bond acceptors (Lipinski definition) is 3. The highest BCUT2D eigenvalue weighted by Crippen LogP contribution is 2.38. The number of aliphatic carboxylic acids is 1. The smallest absolute Gasteiger partial charge is 0.303 e. The Kier molecular flexibility index (Phi) is 3.55. The fourth-order valence-electron chi connectivity index (χ4n) is 3.42. The van der Waals surface area contributed by atoms with Crippen LogP contribution in [0.25, 0.3) is 0 Å². The van der Waals surface area contributed by atoms with Crippen LogP contribution in [0.1, 0.15) is 30.4 Å². The number of carbonyl (C=O) groups is 1. The average Bonchev–Trinajstić information content (AvgIpc) is 2.60. The first-order valence-corrected chi connectivity index (χ1v) is 7.35. The van der Waals surface area contributed by atoms with Crippen LogP contribution >= 0.6 is 0 Å². The number of carboxylic acids is 1. The molecule has 3 rings (SSSR count). The molecule has 1 aromatic carbocycles. The topological polar surface area (TPSA) is 49.8 Å². The van der Waals surface area contributed by atoms with Crippen molar-refractivity contribution in [3.63, 3.8) is 0 Å². The minimum absolute atomic E-state index is 0.187. The summed E-state index contributed by atoms with van der Waals surface area (Å²) in [6.07, 6.45) is 4.13. The summed E-state index contributed by atoms with van der Waals surface area (Å²) >= 11 is 0. The van der Waals surface area contributed by atoms with E-state index in [1.807, 2.05) is 0 Å². The first kappa shape index (κ1) is 13.3. The maximum absolute atomic E-state index is 11.0. The van der Waals surface area contributed by atoms with E-state index in [9.17, 15) is 4.79 Å². The summed E-state index contributed by atoms with van der Waals surface area (Å²) in [6, 6.07) is 4.20. The molecule has 0 bridgehead atoms. The number of rotatable bonds is 2. The van der Waals surface area contributed by atoms with Crippen LogP contribution in [0.4, 0.5) is 5.69 Å². The fraction of sp³-hybridized carbons (Fsp3) is 0.562. The van der Waals surface area contributed by atoms with Crippen LogP contribution in [0.5, 0.6) is 5.75 Å². The normalized spacial score (nSPS) is 21.4. The van der Waals surface area contributed by atoms with E-state index in [1.54, 1.807) is 0 Å². The number of hydrogen-bond donors (Lipinski definition) is 1. The van der Waals surface area contributed by atoms with Crippen molar-refractivity contribution in [2.45, 2.75) is 32.1 Å². The van der Waals surface area contributed by atoms with Gasteiger partial charge in [0.25, 0.3) is 0 Å². The largest absolute Gasteiger partial charge is 0.493 e. The molecule has 2 aliphatic heterocycles. The van der Waals surface area contributed by atoms with E-state index in [-0.39, 0.29) is 12.3 Å². The van der Waals surface area contributed by atoms with Crippen molar-refractivity contribution >= 4 is 11.7 Å². The standard InChI is InChI=1S/C16H21NO3/c1-17-7-2-3-12-13-9-11(10-16(18)19)6-8-20-15(13)5-4-14(12)17/h4-5,11H,2-3,6-10H2,1H3,(H,18,19). The molecule has 2 aliphatic rings. The van der Waals surface area contributed by atoms with E-state index < -0.39 is 5.97 Å². The van der Waals surface area contributed by atoms with Gasteiger partial charge in [0, 0.05) is 25.7 Å². The first-order valence-electron chi connectivity index (χ1n) is 7.35. The fourth-order valence-corrected chi connectivity index (χ4v) is 3.42. The zero-order chi connectivity index (χ0) is 14.1. The van der Waals surface area contributed by atoms with Gasteiger partial charge >= 0.3 is 5.97 Å². The Morgan fingerprint density at radius 1 is 1.45 bits per heavy atom. The molecule has 0 saturated carbocycles. The van der Waals surface area contributed by atoms with Crippen molar-refractivity contribution in [3.8, 4) is 5.75 Å². The highest BCUT2D eigenvalue weighted by molar-refractivity contribution is 5.67. The minimum atomic E-state index is -0.708. The van der Waals surface area contributed by atoms with E-state index in [0.717, 1.165) is 38.0 Å². The van der Waals surface area contributed by atoms with Gasteiger partial charge in [-0.25, -0.2) is 0 Å². The van der Waals surface area contributed by atoms with Gasteiger partial charge in [-0.1, -0.05) is 0 Å². The zero-order valence-electron chi connectivity index (χ0n) is 11.9. The third kappa shape index (κ3) is 2.47. The average molecular weight is 275 g/mol. The summed E-state index contributed by atoms with van der Waals surface area (Å²) in [5, 5.41) is 9.04. The maximum atomic E-state index is 11.0. The number of nitrogens with zero attached hydrogens (tertiary/aromatic N) is 1. The molecule has 0 spiro atoms. The van der Waals surface area contributed by atoms with Gasteiger partial charge in [0.1, 0.15) is 5.75 Å². The third-order valence-electron chi connectivity index (χ3n) is 4.43. The van der Waals surface area contributed by atoms with Crippen molar-refractivity contribution in [2.75, 3.05) is 25.1 Å². The second kappa shape index (κ2) is 5.35. The van der Waals surface area contributed by atoms with Gasteiger partial charge in [0.05, 0.1) is 6.61 Å². The Bertz CT molecular complexity index is 527. The lowest BCUT2D eigenvalue weighted by molar-refractivity contribution is -0.138. The van der Waals surface area contributed by atoms with Gasteiger partial charge in [-0.05, 0) is 54.9 Å². The predicted molar refractivity (Wildman–Crippen MR) is 77.6 cm³/mol. The number of anilines is 1. The molecule has 0 aromatic heterocycles. The quantitative estimate of drug-likeness (QED) is 0.901. The Hall–Kier alpha value is -1.71. The second-order valence-electron chi connectivity index (χ2n) is 5.87. The van der Waals surface area contributed by atoms with Gasteiger partial charge in [-0.3, -0.25) is 4.79 Å². The highest BCUT2D eigenvalue weighted by Gasteiger charge is 2.25. The molecule has 108 valence electrons. The molecule has 1 N–H and O–H groups in total. The molecule has 0 radical (unpaired) electrons. The SMILES string of the molecule is CN1CCCc2c1ccc1c2CC(CC(=O)O)CCO1. The minimum Gasteiger partial charge on any atom is -0.493 e. The van der Waals surface area contributed by atoms with Crippen LogP contribution in [0, 0.1) is 5.92 Å². The van der Waals surface area contributed by atoms with E-state index in [2.05, 4.69) is 24.1 Å². The molecule has 2 heterocycles. The van der Waals surface area contributed by atoms with Crippen LogP contribution in [0.2, 0.25) is 0 Å². The Balaban J connectivity index is 1.96. The molecule has 0 fully saturated rings. The van der Waals surface area contributed by atoms with Crippen LogP contribution in [0.3, 0.4) is 0 Å². The van der Waals surface area contributed by atoms with Crippen LogP contribution < -0.4 is 9.64 Å². The lowest BCUT2D eigenvalue weighted by atomic mass is 9.88. The number of carboxylic acid groups (broad SMARTS) is 1. The van der Waals surface area contributed by atoms with Gasteiger partial charge in [-0.2, -0.15) is 0 Å². The molecular weight excluding hydrogens is 254 g/mol. The van der Waals surface area contributed by atoms with Crippen molar-refractivity contribution < 1.29 is 14.6 Å². The molecule has 0 aliphatic carbocycles. The maximum Gasteiger partial charge on any atom is 0.303 e. The molecule has 0 saturated heterocycles. The Morgan fingerprint density at radius 3 is 3.10 bits per heavy atom. The lowest BCUT2D eigenvalue weighted by Gasteiger charge is -2.30. The summed E-state index contributed by atoms with van der Waals surface area (Å²) in [7, 11) is 2.12. The van der Waals surface area contributed by atoms with Crippen molar-refractivity contribution in [3.05, 3.63) is 23.3 Å². The zero-order valence-corrected chi connectivity index (χ0v) is 11.9. The van der Waals surface area contributed by atoms with Crippen LogP contribution in [-0.4, -0.2) is 31.3 Å². The second-order valence-corrected chi connectivity index (χ2v) is 5.87. The molecule has 4 heteroatoms. The molecule has 0 amide bonds. The van der Waals surface area contributed by atoms with E-state index in [4.69, 9.17) is 9.84 Å². The predicted octanol–water partition coefficient (Wildman–Crippen LogP) is 2.48. The molecular formula is C16H21NO3. The summed E-state index contributed by atoms with van der Waals surface area (Å²) in [4.78, 5) is 13.3. The van der Waals surface area contributed by atoms with Crippen molar-refractivity contribution in [2.24, 2.45) is 5.92 Å².